The minimum Gasteiger partial charge on any atom is -0.312 e. The van der Waals surface area contributed by atoms with Crippen molar-refractivity contribution in [3.8, 4) is 0 Å². The number of hydrogen-bond acceptors (Lipinski definition) is 3. The van der Waals surface area contributed by atoms with Crippen LogP contribution < -0.4 is 9.62 Å². The van der Waals surface area contributed by atoms with Crippen molar-refractivity contribution in [2.45, 2.75) is 37.0 Å². The van der Waals surface area contributed by atoms with Gasteiger partial charge in [0.05, 0.1) is 4.90 Å². The summed E-state index contributed by atoms with van der Waals surface area (Å²) in [6.45, 7) is 0.638. The first-order valence-electron chi connectivity index (χ1n) is 9.17. The molecule has 27 heavy (non-hydrogen) atoms. The lowest BCUT2D eigenvalue weighted by atomic mass is 10.1. The van der Waals surface area contributed by atoms with Gasteiger partial charge in [0.25, 0.3) is 10.0 Å². The van der Waals surface area contributed by atoms with E-state index in [-0.39, 0.29) is 16.7 Å². The van der Waals surface area contributed by atoms with Crippen molar-refractivity contribution < 1.29 is 17.6 Å². The number of halogens is 1. The summed E-state index contributed by atoms with van der Waals surface area (Å²) in [5.74, 6) is -0.183. The van der Waals surface area contributed by atoms with Gasteiger partial charge in [-0.2, -0.15) is 0 Å². The molecule has 7 heteroatoms. The molecule has 1 heterocycles. The number of fused-ring (bicyclic) bond motifs is 1. The molecule has 2 aromatic rings. The maximum Gasteiger partial charge on any atom is 0.261 e. The molecule has 4 rings (SSSR count). The van der Waals surface area contributed by atoms with Gasteiger partial charge in [0, 0.05) is 23.8 Å². The summed E-state index contributed by atoms with van der Waals surface area (Å²) in [6, 6.07) is 9.93. The van der Waals surface area contributed by atoms with Crippen LogP contribution in [0.25, 0.3) is 0 Å². The van der Waals surface area contributed by atoms with Crippen molar-refractivity contribution in [2.24, 2.45) is 5.92 Å². The lowest BCUT2D eigenvalue weighted by Crippen LogP contribution is -2.33. The molecule has 0 saturated heterocycles. The predicted octanol–water partition coefficient (Wildman–Crippen LogP) is 3.71. The number of benzene rings is 2. The van der Waals surface area contributed by atoms with Crippen LogP contribution in [0.1, 0.15) is 31.2 Å². The molecule has 2 aromatic carbocycles. The number of rotatable bonds is 4. The summed E-state index contributed by atoms with van der Waals surface area (Å²) >= 11 is 0. The molecule has 1 aliphatic heterocycles. The standard InChI is InChI=1S/C20H21FN2O3S/c21-16-5-8-18(9-6-16)27(25,26)22-17-7-10-19-15(13-17)11-12-23(19)20(24)14-3-1-2-4-14/h5-10,13-14,22H,1-4,11-12H2. The lowest BCUT2D eigenvalue weighted by molar-refractivity contribution is -0.122. The highest BCUT2D eigenvalue weighted by Gasteiger charge is 2.32. The average Bonchev–Trinajstić information content (AvgIpc) is 3.31. The van der Waals surface area contributed by atoms with Crippen molar-refractivity contribution in [2.75, 3.05) is 16.2 Å². The highest BCUT2D eigenvalue weighted by Crippen LogP contribution is 2.35. The lowest BCUT2D eigenvalue weighted by Gasteiger charge is -2.21. The molecule has 0 bridgehead atoms. The van der Waals surface area contributed by atoms with Gasteiger partial charge in [0.15, 0.2) is 0 Å². The smallest absolute Gasteiger partial charge is 0.261 e. The van der Waals surface area contributed by atoms with Crippen LogP contribution in [-0.4, -0.2) is 20.9 Å². The molecule has 0 aromatic heterocycles. The zero-order chi connectivity index (χ0) is 19.0. The zero-order valence-corrected chi connectivity index (χ0v) is 15.6. The number of sulfonamides is 1. The van der Waals surface area contributed by atoms with E-state index in [1.54, 1.807) is 18.2 Å². The highest BCUT2D eigenvalue weighted by atomic mass is 32.2. The quantitative estimate of drug-likeness (QED) is 0.868. The molecule has 142 valence electrons. The monoisotopic (exact) mass is 388 g/mol. The Labute approximate surface area is 158 Å². The molecule has 1 aliphatic carbocycles. The number of carbonyl (C=O) groups is 1. The van der Waals surface area contributed by atoms with Crippen molar-refractivity contribution in [3.05, 3.63) is 53.8 Å². The normalized spacial score (nSPS) is 17.1. The molecule has 0 spiro atoms. The van der Waals surface area contributed by atoms with Gasteiger partial charge in [0.1, 0.15) is 5.82 Å². The zero-order valence-electron chi connectivity index (χ0n) is 14.8. The summed E-state index contributed by atoms with van der Waals surface area (Å²) in [5.41, 5.74) is 2.27. The fourth-order valence-electron chi connectivity index (χ4n) is 3.92. The minimum absolute atomic E-state index is 0.00226. The van der Waals surface area contributed by atoms with E-state index in [0.717, 1.165) is 49.1 Å². The number of nitrogens with zero attached hydrogens (tertiary/aromatic N) is 1. The van der Waals surface area contributed by atoms with Gasteiger partial charge in [-0.3, -0.25) is 9.52 Å². The summed E-state index contributed by atoms with van der Waals surface area (Å²) in [4.78, 5) is 14.6. The molecule has 0 unspecified atom stereocenters. The number of hydrogen-bond donors (Lipinski definition) is 1. The van der Waals surface area contributed by atoms with Crippen LogP contribution in [0.3, 0.4) is 0 Å². The fraction of sp³-hybridized carbons (Fsp3) is 0.350. The van der Waals surface area contributed by atoms with Gasteiger partial charge in [-0.1, -0.05) is 12.8 Å². The molecule has 0 radical (unpaired) electrons. The van der Waals surface area contributed by atoms with Crippen LogP contribution in [0.5, 0.6) is 0 Å². The second kappa shape index (κ2) is 6.96. The van der Waals surface area contributed by atoms with Crippen molar-refractivity contribution in [3.63, 3.8) is 0 Å². The Kier molecular flexibility index (Phi) is 4.63. The Hall–Kier alpha value is -2.41. The molecule has 2 aliphatic rings. The first kappa shape index (κ1) is 18.0. The number of anilines is 2. The van der Waals surface area contributed by atoms with E-state index in [9.17, 15) is 17.6 Å². The van der Waals surface area contributed by atoms with Gasteiger partial charge in [-0.25, -0.2) is 12.8 Å². The topological polar surface area (TPSA) is 66.5 Å². The Balaban J connectivity index is 1.53. The van der Waals surface area contributed by atoms with E-state index in [0.29, 0.717) is 18.7 Å². The Morgan fingerprint density at radius 2 is 1.78 bits per heavy atom. The van der Waals surface area contributed by atoms with Gasteiger partial charge in [0.2, 0.25) is 5.91 Å². The summed E-state index contributed by atoms with van der Waals surface area (Å²) in [6.07, 6.45) is 4.85. The number of amides is 1. The third-order valence-electron chi connectivity index (χ3n) is 5.32. The largest absolute Gasteiger partial charge is 0.312 e. The van der Waals surface area contributed by atoms with Gasteiger partial charge in [-0.15, -0.1) is 0 Å². The van der Waals surface area contributed by atoms with Gasteiger partial charge in [-0.05, 0) is 67.3 Å². The average molecular weight is 388 g/mol. The maximum absolute atomic E-state index is 13.0. The number of carbonyl (C=O) groups excluding carboxylic acids is 1. The molecule has 1 saturated carbocycles. The fourth-order valence-corrected chi connectivity index (χ4v) is 4.96. The predicted molar refractivity (Wildman–Crippen MR) is 102 cm³/mol. The van der Waals surface area contributed by atoms with Crippen LogP contribution in [-0.2, 0) is 21.2 Å². The minimum atomic E-state index is -3.79. The molecular weight excluding hydrogens is 367 g/mol. The summed E-state index contributed by atoms with van der Waals surface area (Å²) in [7, 11) is -3.79. The van der Waals surface area contributed by atoms with Crippen LogP contribution in [0.2, 0.25) is 0 Å². The first-order valence-corrected chi connectivity index (χ1v) is 10.6. The van der Waals surface area contributed by atoms with E-state index >= 15 is 0 Å². The number of nitrogens with one attached hydrogen (secondary N) is 1. The molecule has 0 atom stereocenters. The van der Waals surface area contributed by atoms with Crippen molar-refractivity contribution in [1.29, 1.82) is 0 Å². The molecule has 1 fully saturated rings. The third-order valence-corrected chi connectivity index (χ3v) is 6.72. The van der Waals surface area contributed by atoms with E-state index in [4.69, 9.17) is 0 Å². The second-order valence-electron chi connectivity index (χ2n) is 7.12. The van der Waals surface area contributed by atoms with Gasteiger partial charge >= 0.3 is 0 Å². The highest BCUT2D eigenvalue weighted by molar-refractivity contribution is 7.92. The van der Waals surface area contributed by atoms with Crippen molar-refractivity contribution >= 4 is 27.3 Å². The van der Waals surface area contributed by atoms with Crippen molar-refractivity contribution in [1.82, 2.24) is 0 Å². The van der Waals surface area contributed by atoms with E-state index in [2.05, 4.69) is 4.72 Å². The van der Waals surface area contributed by atoms with Crippen LogP contribution in [0, 0.1) is 11.7 Å². The molecular formula is C20H21FN2O3S. The maximum atomic E-state index is 13.0. The van der Waals surface area contributed by atoms with Crippen LogP contribution >= 0.6 is 0 Å². The summed E-state index contributed by atoms with van der Waals surface area (Å²) in [5, 5.41) is 0. The van der Waals surface area contributed by atoms with E-state index < -0.39 is 15.8 Å². The Morgan fingerprint density at radius 1 is 1.07 bits per heavy atom. The Morgan fingerprint density at radius 3 is 2.48 bits per heavy atom. The van der Waals surface area contributed by atoms with E-state index in [1.807, 2.05) is 4.90 Å². The Bertz CT molecular complexity index is 967. The summed E-state index contributed by atoms with van der Waals surface area (Å²) < 4.78 is 40.5. The first-order chi connectivity index (χ1) is 12.9. The van der Waals surface area contributed by atoms with Gasteiger partial charge < -0.3 is 4.90 Å². The SMILES string of the molecule is O=C(C1CCCC1)N1CCc2cc(NS(=O)(=O)c3ccc(F)cc3)ccc21. The molecule has 1 amide bonds. The third kappa shape index (κ3) is 3.56. The van der Waals surface area contributed by atoms with E-state index in [1.165, 1.54) is 12.1 Å². The second-order valence-corrected chi connectivity index (χ2v) is 8.81. The van der Waals surface area contributed by atoms with Crippen LogP contribution in [0.4, 0.5) is 15.8 Å². The molecule has 5 nitrogen and oxygen atoms in total. The molecule has 1 N–H and O–H groups in total. The van der Waals surface area contributed by atoms with Crippen LogP contribution in [0.15, 0.2) is 47.4 Å².